The van der Waals surface area contributed by atoms with E-state index in [1.165, 1.54) is 0 Å². The van der Waals surface area contributed by atoms with Gasteiger partial charge in [0.05, 0.1) is 0 Å². The zero-order valence-corrected chi connectivity index (χ0v) is 7.51. The molecule has 1 aromatic heterocycles. The first-order valence-electron chi connectivity index (χ1n) is 4.20. The van der Waals surface area contributed by atoms with Crippen LogP contribution in [0.5, 0.6) is 5.75 Å². The number of hydrogen-bond donors (Lipinski definition) is 3. The molecule has 0 unspecified atom stereocenters. The molecule has 2 aromatic rings. The highest BCUT2D eigenvalue weighted by Crippen LogP contribution is 2.25. The lowest BCUT2D eigenvalue weighted by atomic mass is 10.3. The molecule has 2 rings (SSSR count). The largest absolute Gasteiger partial charge is 0.504 e. The van der Waals surface area contributed by atoms with E-state index < -0.39 is 0 Å². The summed E-state index contributed by atoms with van der Waals surface area (Å²) >= 11 is 0. The summed E-state index contributed by atoms with van der Waals surface area (Å²) in [5, 5.41) is 9.29. The Labute approximate surface area is 81.4 Å². The van der Waals surface area contributed by atoms with Crippen molar-refractivity contribution in [2.45, 2.75) is 0 Å². The number of nitrogens with two attached hydrogens (primary N) is 2. The van der Waals surface area contributed by atoms with Crippen molar-refractivity contribution in [3.8, 4) is 11.4 Å². The molecule has 0 radical (unpaired) electrons. The van der Waals surface area contributed by atoms with Gasteiger partial charge >= 0.3 is 0 Å². The third-order valence-corrected chi connectivity index (χ3v) is 2.05. The molecule has 0 saturated heterocycles. The lowest BCUT2D eigenvalue weighted by Crippen LogP contribution is -1.99. The van der Waals surface area contributed by atoms with Crippen molar-refractivity contribution in [1.82, 2.24) is 4.57 Å². The highest BCUT2D eigenvalue weighted by atomic mass is 16.3. The Morgan fingerprint density at radius 3 is 2.50 bits per heavy atom. The monoisotopic (exact) mass is 189 g/mol. The zero-order valence-electron chi connectivity index (χ0n) is 7.51. The van der Waals surface area contributed by atoms with Gasteiger partial charge in [-0.2, -0.15) is 0 Å². The molecule has 1 aromatic carbocycles. The van der Waals surface area contributed by atoms with E-state index in [2.05, 4.69) is 0 Å². The summed E-state index contributed by atoms with van der Waals surface area (Å²) in [7, 11) is 0. The predicted octanol–water partition coefficient (Wildman–Crippen LogP) is 1.35. The average Bonchev–Trinajstić information content (AvgIpc) is 2.48. The van der Waals surface area contributed by atoms with Crippen LogP contribution in [0.4, 0.5) is 11.5 Å². The Hall–Kier alpha value is -2.10. The number of hydrogen-bond acceptors (Lipinski definition) is 3. The highest BCUT2D eigenvalue weighted by molar-refractivity contribution is 5.56. The maximum Gasteiger partial charge on any atom is 0.157 e. The van der Waals surface area contributed by atoms with Crippen LogP contribution in [0.3, 0.4) is 0 Å². The molecule has 4 heteroatoms. The second kappa shape index (κ2) is 2.99. The number of anilines is 2. The molecule has 5 N–H and O–H groups in total. The van der Waals surface area contributed by atoms with E-state index in [1.807, 2.05) is 12.1 Å². The molecule has 4 nitrogen and oxygen atoms in total. The molecule has 0 saturated carbocycles. The molecule has 0 fully saturated rings. The van der Waals surface area contributed by atoms with Crippen LogP contribution in [0.2, 0.25) is 0 Å². The van der Waals surface area contributed by atoms with E-state index in [0.29, 0.717) is 11.5 Å². The quantitative estimate of drug-likeness (QED) is 0.592. The molecule has 72 valence electrons. The summed E-state index contributed by atoms with van der Waals surface area (Å²) in [6, 6.07) is 8.82. The van der Waals surface area contributed by atoms with Gasteiger partial charge in [-0.3, -0.25) is 0 Å². The fourth-order valence-electron chi connectivity index (χ4n) is 1.33. The Morgan fingerprint density at radius 1 is 1.14 bits per heavy atom. The molecule has 0 aliphatic rings. The van der Waals surface area contributed by atoms with Crippen molar-refractivity contribution in [3.05, 3.63) is 36.5 Å². The van der Waals surface area contributed by atoms with Crippen molar-refractivity contribution in [3.63, 3.8) is 0 Å². The topological polar surface area (TPSA) is 77.2 Å². The van der Waals surface area contributed by atoms with Gasteiger partial charge in [-0.05, 0) is 18.2 Å². The molecular weight excluding hydrogens is 178 g/mol. The Kier molecular flexibility index (Phi) is 1.81. The predicted molar refractivity (Wildman–Crippen MR) is 56.3 cm³/mol. The molecular formula is C10H11N3O. The first-order valence-corrected chi connectivity index (χ1v) is 4.20. The first-order chi connectivity index (χ1) is 6.68. The van der Waals surface area contributed by atoms with Crippen molar-refractivity contribution in [2.24, 2.45) is 0 Å². The van der Waals surface area contributed by atoms with Crippen LogP contribution in [-0.2, 0) is 0 Å². The van der Waals surface area contributed by atoms with Crippen molar-refractivity contribution >= 4 is 11.5 Å². The summed E-state index contributed by atoms with van der Waals surface area (Å²) in [6.07, 6.45) is 1.69. The van der Waals surface area contributed by atoms with E-state index in [9.17, 15) is 5.11 Å². The van der Waals surface area contributed by atoms with Crippen LogP contribution in [0.1, 0.15) is 0 Å². The molecule has 14 heavy (non-hydrogen) atoms. The van der Waals surface area contributed by atoms with Crippen LogP contribution in [-0.4, -0.2) is 9.67 Å². The first kappa shape index (κ1) is 8.50. The molecule has 0 aliphatic heterocycles. The van der Waals surface area contributed by atoms with Crippen LogP contribution in [0.25, 0.3) is 5.69 Å². The van der Waals surface area contributed by atoms with Crippen LogP contribution in [0, 0.1) is 0 Å². The van der Waals surface area contributed by atoms with Gasteiger partial charge < -0.3 is 21.1 Å². The van der Waals surface area contributed by atoms with Gasteiger partial charge in [0.25, 0.3) is 0 Å². The summed E-state index contributed by atoms with van der Waals surface area (Å²) in [5.41, 5.74) is 12.8. The van der Waals surface area contributed by atoms with Gasteiger partial charge in [0, 0.05) is 23.6 Å². The summed E-state index contributed by atoms with van der Waals surface area (Å²) in [6.45, 7) is 0. The van der Waals surface area contributed by atoms with Gasteiger partial charge in [0.1, 0.15) is 0 Å². The van der Waals surface area contributed by atoms with Crippen LogP contribution < -0.4 is 11.5 Å². The Balaban J connectivity index is 2.55. The standard InChI is InChI=1S/C10H11N3O/c11-7-2-1-3-8(6-7)13-5-4-9(14)10(13)12/h1-6,14H,11-12H2. The molecule has 1 heterocycles. The maximum absolute atomic E-state index is 9.29. The van der Waals surface area contributed by atoms with Crippen LogP contribution in [0.15, 0.2) is 36.5 Å². The number of aromatic nitrogens is 1. The van der Waals surface area contributed by atoms with Gasteiger partial charge in [-0.15, -0.1) is 0 Å². The van der Waals surface area contributed by atoms with E-state index in [1.54, 1.807) is 29.0 Å². The third-order valence-electron chi connectivity index (χ3n) is 2.05. The average molecular weight is 189 g/mol. The maximum atomic E-state index is 9.29. The van der Waals surface area contributed by atoms with Gasteiger partial charge in [0.2, 0.25) is 0 Å². The molecule has 0 atom stereocenters. The smallest absolute Gasteiger partial charge is 0.157 e. The van der Waals surface area contributed by atoms with Crippen molar-refractivity contribution in [2.75, 3.05) is 11.5 Å². The molecule has 0 amide bonds. The second-order valence-electron chi connectivity index (χ2n) is 3.05. The summed E-state index contributed by atoms with van der Waals surface area (Å²) < 4.78 is 1.67. The van der Waals surface area contributed by atoms with E-state index in [-0.39, 0.29) is 5.75 Å². The van der Waals surface area contributed by atoms with E-state index in [4.69, 9.17) is 11.5 Å². The Bertz CT molecular complexity index is 462. The lowest BCUT2D eigenvalue weighted by molar-refractivity contribution is 0.478. The minimum absolute atomic E-state index is 0.0763. The van der Waals surface area contributed by atoms with Crippen molar-refractivity contribution in [1.29, 1.82) is 0 Å². The minimum atomic E-state index is 0.0763. The number of benzene rings is 1. The number of nitrogen functional groups attached to an aromatic ring is 2. The summed E-state index contributed by atoms with van der Waals surface area (Å²) in [4.78, 5) is 0. The van der Waals surface area contributed by atoms with Crippen molar-refractivity contribution < 1.29 is 5.11 Å². The van der Waals surface area contributed by atoms with Gasteiger partial charge in [0.15, 0.2) is 11.6 Å². The van der Waals surface area contributed by atoms with E-state index in [0.717, 1.165) is 5.69 Å². The second-order valence-corrected chi connectivity index (χ2v) is 3.05. The van der Waals surface area contributed by atoms with Crippen LogP contribution >= 0.6 is 0 Å². The zero-order chi connectivity index (χ0) is 10.1. The number of aromatic hydroxyl groups is 1. The molecule has 0 bridgehead atoms. The lowest BCUT2D eigenvalue weighted by Gasteiger charge is -2.06. The van der Waals surface area contributed by atoms with E-state index >= 15 is 0 Å². The number of nitrogens with zero attached hydrogens (tertiary/aromatic N) is 1. The molecule has 0 aliphatic carbocycles. The summed E-state index contributed by atoms with van der Waals surface area (Å²) in [5.74, 6) is 0.392. The number of rotatable bonds is 1. The SMILES string of the molecule is Nc1cccc(-n2ccc(O)c2N)c1. The van der Waals surface area contributed by atoms with Gasteiger partial charge in [-0.25, -0.2) is 0 Å². The third kappa shape index (κ3) is 1.26. The Morgan fingerprint density at radius 2 is 1.93 bits per heavy atom. The minimum Gasteiger partial charge on any atom is -0.504 e. The fourth-order valence-corrected chi connectivity index (χ4v) is 1.33. The fraction of sp³-hybridized carbons (Fsp3) is 0. The van der Waals surface area contributed by atoms with Gasteiger partial charge in [-0.1, -0.05) is 6.07 Å². The normalized spacial score (nSPS) is 10.3. The highest BCUT2D eigenvalue weighted by Gasteiger charge is 2.05. The molecule has 0 spiro atoms.